The second-order valence-corrected chi connectivity index (χ2v) is 8.45. The Hall–Kier alpha value is -3.57. The zero-order chi connectivity index (χ0) is 22.7. The van der Waals surface area contributed by atoms with E-state index >= 15 is 0 Å². The molecule has 2 aliphatic heterocycles. The van der Waals surface area contributed by atoms with E-state index in [1.807, 2.05) is 11.6 Å². The van der Waals surface area contributed by atoms with E-state index in [0.717, 1.165) is 5.82 Å². The van der Waals surface area contributed by atoms with Crippen LogP contribution in [-0.2, 0) is 25.2 Å². The summed E-state index contributed by atoms with van der Waals surface area (Å²) in [5, 5.41) is 20.7. The fourth-order valence-corrected chi connectivity index (χ4v) is 4.76. The fraction of sp³-hybridized carbons (Fsp3) is 0.318. The summed E-state index contributed by atoms with van der Waals surface area (Å²) in [6, 6.07) is 6.92. The molecule has 0 aliphatic carbocycles. The molecule has 3 aromatic heterocycles. The van der Waals surface area contributed by atoms with Crippen molar-refractivity contribution in [2.75, 3.05) is 6.54 Å². The first-order valence-corrected chi connectivity index (χ1v) is 10.6. The van der Waals surface area contributed by atoms with Gasteiger partial charge in [-0.1, -0.05) is 6.07 Å². The van der Waals surface area contributed by atoms with Gasteiger partial charge < -0.3 is 5.11 Å². The molecule has 11 heteroatoms. The van der Waals surface area contributed by atoms with Crippen molar-refractivity contribution in [1.29, 1.82) is 0 Å². The minimum absolute atomic E-state index is 0.206. The van der Waals surface area contributed by atoms with Crippen molar-refractivity contribution in [3.63, 3.8) is 0 Å². The molecule has 0 fully saturated rings. The summed E-state index contributed by atoms with van der Waals surface area (Å²) in [6.07, 6.45) is 2.82. The molecule has 1 N–H and O–H groups in total. The van der Waals surface area contributed by atoms with Crippen molar-refractivity contribution in [1.82, 2.24) is 39.4 Å². The molecule has 0 spiro atoms. The van der Waals surface area contributed by atoms with Gasteiger partial charge in [0.2, 0.25) is 5.95 Å². The predicted molar refractivity (Wildman–Crippen MR) is 112 cm³/mol. The molecule has 6 rings (SSSR count). The second kappa shape index (κ2) is 7.22. The lowest BCUT2D eigenvalue weighted by molar-refractivity contribution is -0.0708. The fourth-order valence-electron chi connectivity index (χ4n) is 4.76. The van der Waals surface area contributed by atoms with Crippen molar-refractivity contribution in [3.8, 4) is 22.8 Å². The topological polar surface area (TPSA) is 97.8 Å². The van der Waals surface area contributed by atoms with Crippen LogP contribution in [0.25, 0.3) is 22.8 Å². The Morgan fingerprint density at radius 3 is 2.79 bits per heavy atom. The van der Waals surface area contributed by atoms with Crippen LogP contribution in [0.2, 0.25) is 0 Å². The van der Waals surface area contributed by atoms with E-state index < -0.39 is 17.4 Å². The molecule has 2 aliphatic rings. The van der Waals surface area contributed by atoms with Gasteiger partial charge in [0, 0.05) is 29.9 Å². The lowest BCUT2D eigenvalue weighted by atomic mass is 9.80. The average Bonchev–Trinajstić information content (AvgIpc) is 3.45. The number of aliphatic hydroxyl groups is 1. The molecule has 2 unspecified atom stereocenters. The molecule has 2 atom stereocenters. The Labute approximate surface area is 187 Å². The minimum Gasteiger partial charge on any atom is -0.382 e. The number of hydrogen-bond donors (Lipinski definition) is 1. The molecular weight excluding hydrogens is 430 g/mol. The van der Waals surface area contributed by atoms with Gasteiger partial charge in [0.25, 0.3) is 0 Å². The van der Waals surface area contributed by atoms with Crippen molar-refractivity contribution in [3.05, 3.63) is 66.0 Å². The molecule has 5 heterocycles. The van der Waals surface area contributed by atoms with E-state index in [0.29, 0.717) is 48.0 Å². The van der Waals surface area contributed by atoms with Crippen LogP contribution in [0.3, 0.4) is 0 Å². The average molecular weight is 450 g/mol. The molecule has 0 saturated carbocycles. The highest BCUT2D eigenvalue weighted by Crippen LogP contribution is 2.41. The van der Waals surface area contributed by atoms with Crippen molar-refractivity contribution >= 4 is 0 Å². The van der Waals surface area contributed by atoms with Gasteiger partial charge >= 0.3 is 0 Å². The number of rotatable bonds is 3. The standard InChI is InChI=1S/C22H20F2N8O/c1-13(22(33)11-32-21(26-12-27-32)16-8-15(23)3-4-17(16)22)30-6-7-31-19(10-30)28-20(29-31)14-2-5-18(24)25-9-14/h2-5,8-9,12-13,33H,6-7,10-11H2,1H3. The molecule has 168 valence electrons. The van der Waals surface area contributed by atoms with Gasteiger partial charge in [-0.05, 0) is 36.8 Å². The summed E-state index contributed by atoms with van der Waals surface area (Å²) in [5.41, 5.74) is 0.496. The molecule has 33 heavy (non-hydrogen) atoms. The normalized spacial score (nSPS) is 20.7. The lowest BCUT2D eigenvalue weighted by Gasteiger charge is -2.44. The quantitative estimate of drug-likeness (QED) is 0.477. The van der Waals surface area contributed by atoms with Crippen LogP contribution in [0.4, 0.5) is 8.78 Å². The molecule has 0 saturated heterocycles. The Morgan fingerprint density at radius 1 is 1.09 bits per heavy atom. The van der Waals surface area contributed by atoms with E-state index in [2.05, 4.69) is 30.0 Å². The van der Waals surface area contributed by atoms with Crippen molar-refractivity contribution in [2.24, 2.45) is 0 Å². The Bertz CT molecular complexity index is 1350. The highest BCUT2D eigenvalue weighted by atomic mass is 19.1. The third-order valence-corrected chi connectivity index (χ3v) is 6.61. The zero-order valence-electron chi connectivity index (χ0n) is 17.7. The summed E-state index contributed by atoms with van der Waals surface area (Å²) in [6.45, 7) is 3.85. The molecule has 1 aromatic carbocycles. The van der Waals surface area contributed by atoms with Gasteiger partial charge in [-0.25, -0.2) is 28.7 Å². The van der Waals surface area contributed by atoms with Gasteiger partial charge in [-0.2, -0.15) is 14.6 Å². The van der Waals surface area contributed by atoms with Gasteiger partial charge in [0.05, 0.1) is 19.6 Å². The number of hydrogen-bond acceptors (Lipinski definition) is 7. The van der Waals surface area contributed by atoms with Crippen molar-refractivity contribution < 1.29 is 13.9 Å². The van der Waals surface area contributed by atoms with Crippen LogP contribution in [0.1, 0.15) is 18.3 Å². The minimum atomic E-state index is -1.31. The van der Waals surface area contributed by atoms with E-state index in [9.17, 15) is 13.9 Å². The van der Waals surface area contributed by atoms with Gasteiger partial charge in [-0.15, -0.1) is 0 Å². The van der Waals surface area contributed by atoms with Gasteiger partial charge in [-0.3, -0.25) is 4.90 Å². The van der Waals surface area contributed by atoms with Crippen LogP contribution in [0, 0.1) is 11.8 Å². The van der Waals surface area contributed by atoms with Crippen LogP contribution in [-0.4, -0.2) is 57.1 Å². The SMILES string of the molecule is CC(N1CCn2nc(-c3ccc(F)nc3)nc2C1)C1(O)Cn2ncnc2-c2cc(F)ccc21. The zero-order valence-corrected chi connectivity index (χ0v) is 17.7. The Balaban J connectivity index is 1.32. The maximum Gasteiger partial charge on any atom is 0.212 e. The molecular formula is C22H20F2N8O. The molecule has 9 nitrogen and oxygen atoms in total. The van der Waals surface area contributed by atoms with Crippen LogP contribution in [0.15, 0.2) is 42.9 Å². The summed E-state index contributed by atoms with van der Waals surface area (Å²) < 4.78 is 30.6. The third-order valence-electron chi connectivity index (χ3n) is 6.61. The lowest BCUT2D eigenvalue weighted by Crippen LogP contribution is -2.54. The van der Waals surface area contributed by atoms with E-state index in [-0.39, 0.29) is 12.6 Å². The highest BCUT2D eigenvalue weighted by molar-refractivity contribution is 5.64. The maximum absolute atomic E-state index is 14.0. The molecule has 0 amide bonds. The number of halogens is 2. The largest absolute Gasteiger partial charge is 0.382 e. The first kappa shape index (κ1) is 20.1. The van der Waals surface area contributed by atoms with E-state index in [4.69, 9.17) is 0 Å². The van der Waals surface area contributed by atoms with Crippen LogP contribution >= 0.6 is 0 Å². The number of pyridine rings is 1. The monoisotopic (exact) mass is 450 g/mol. The number of benzene rings is 1. The smallest absolute Gasteiger partial charge is 0.212 e. The Morgan fingerprint density at radius 2 is 1.97 bits per heavy atom. The number of nitrogens with zero attached hydrogens (tertiary/aromatic N) is 8. The number of aromatic nitrogens is 7. The third kappa shape index (κ3) is 3.15. The molecule has 4 aromatic rings. The van der Waals surface area contributed by atoms with Crippen LogP contribution in [0.5, 0.6) is 0 Å². The summed E-state index contributed by atoms with van der Waals surface area (Å²) in [5.74, 6) is 0.814. The van der Waals surface area contributed by atoms with Crippen molar-refractivity contribution in [2.45, 2.75) is 38.2 Å². The number of fused-ring (bicyclic) bond motifs is 4. The second-order valence-electron chi connectivity index (χ2n) is 8.45. The van der Waals surface area contributed by atoms with Gasteiger partial charge in [0.15, 0.2) is 11.6 Å². The van der Waals surface area contributed by atoms with Crippen LogP contribution < -0.4 is 0 Å². The summed E-state index contributed by atoms with van der Waals surface area (Å²) >= 11 is 0. The molecule has 0 radical (unpaired) electrons. The Kier molecular flexibility index (Phi) is 4.39. The van der Waals surface area contributed by atoms with E-state index in [1.165, 1.54) is 30.7 Å². The highest BCUT2D eigenvalue weighted by Gasteiger charge is 2.46. The maximum atomic E-state index is 14.0. The first-order valence-electron chi connectivity index (χ1n) is 10.6. The first-order chi connectivity index (χ1) is 15.9. The summed E-state index contributed by atoms with van der Waals surface area (Å²) in [4.78, 5) is 14.7. The predicted octanol–water partition coefficient (Wildman–Crippen LogP) is 1.98. The van der Waals surface area contributed by atoms with Gasteiger partial charge in [0.1, 0.15) is 23.6 Å². The van der Waals surface area contributed by atoms with E-state index in [1.54, 1.807) is 16.8 Å². The molecule has 0 bridgehead atoms. The summed E-state index contributed by atoms with van der Waals surface area (Å²) in [7, 11) is 0.